The van der Waals surface area contributed by atoms with E-state index in [4.69, 9.17) is 24.7 Å². The molecule has 0 saturated heterocycles. The van der Waals surface area contributed by atoms with Crippen LogP contribution in [0.25, 0.3) is 0 Å². The van der Waals surface area contributed by atoms with Crippen LogP contribution in [-0.2, 0) is 17.8 Å². The zero-order valence-electron chi connectivity index (χ0n) is 21.6. The van der Waals surface area contributed by atoms with E-state index in [1.807, 2.05) is 18.2 Å². The van der Waals surface area contributed by atoms with Crippen LogP contribution in [0.3, 0.4) is 0 Å². The molecule has 0 spiro atoms. The summed E-state index contributed by atoms with van der Waals surface area (Å²) < 4.78 is 35.6. The molecule has 40 heavy (non-hydrogen) atoms. The van der Waals surface area contributed by atoms with Gasteiger partial charge in [-0.25, -0.2) is 4.39 Å². The first kappa shape index (κ1) is 26.3. The molecule has 0 aromatic heterocycles. The van der Waals surface area contributed by atoms with Gasteiger partial charge in [0.15, 0.2) is 0 Å². The van der Waals surface area contributed by atoms with Gasteiger partial charge in [0.25, 0.3) is 0 Å². The van der Waals surface area contributed by atoms with Crippen LogP contribution in [0.1, 0.15) is 28.2 Å². The summed E-state index contributed by atoms with van der Waals surface area (Å²) >= 11 is 0. The second-order valence-electron chi connectivity index (χ2n) is 9.11. The molecule has 0 saturated carbocycles. The lowest BCUT2D eigenvalue weighted by molar-refractivity contribution is -0.133. The number of fused-ring (bicyclic) bond motifs is 1. The molecule has 1 heterocycles. The van der Waals surface area contributed by atoms with Crippen LogP contribution in [0.15, 0.2) is 102 Å². The summed E-state index contributed by atoms with van der Waals surface area (Å²) in [4.78, 5) is 12.6. The number of carbonyl (C=O) groups excluding carboxylic acids is 1. The number of benzene rings is 4. The van der Waals surface area contributed by atoms with E-state index in [-0.39, 0.29) is 30.3 Å². The number of rotatable bonds is 8. The molecule has 0 bridgehead atoms. The van der Waals surface area contributed by atoms with Crippen molar-refractivity contribution in [1.29, 1.82) is 5.26 Å². The van der Waals surface area contributed by atoms with Gasteiger partial charge in [-0.2, -0.15) is 5.26 Å². The number of carbonyl (C=O) groups is 1. The Morgan fingerprint density at radius 1 is 0.950 bits per heavy atom. The number of methoxy groups -OCH3 is 1. The van der Waals surface area contributed by atoms with Crippen molar-refractivity contribution in [3.05, 3.63) is 131 Å². The first-order valence-corrected chi connectivity index (χ1v) is 12.5. The molecule has 4 aromatic carbocycles. The Hall–Kier alpha value is -5.29. The Balaban J connectivity index is 1.35. The summed E-state index contributed by atoms with van der Waals surface area (Å²) in [6.07, 6.45) is 0.0793. The largest absolute Gasteiger partial charge is 0.497 e. The lowest BCUT2D eigenvalue weighted by atomic mass is 9.83. The van der Waals surface area contributed by atoms with E-state index in [1.165, 1.54) is 12.1 Å². The molecule has 2 N–H and O–H groups in total. The fraction of sp³-hybridized carbons (Fsp3) is 0.125. The average molecular weight is 537 g/mol. The molecule has 0 amide bonds. The number of nitrogens with two attached hydrogens (primary N) is 1. The average Bonchev–Trinajstić information content (AvgIpc) is 2.96. The van der Waals surface area contributed by atoms with Crippen LogP contribution >= 0.6 is 0 Å². The highest BCUT2D eigenvalue weighted by Gasteiger charge is 2.31. The highest BCUT2D eigenvalue weighted by atomic mass is 19.1. The van der Waals surface area contributed by atoms with Gasteiger partial charge >= 0.3 is 5.97 Å². The highest BCUT2D eigenvalue weighted by molar-refractivity contribution is 5.75. The van der Waals surface area contributed by atoms with Crippen LogP contribution in [0.4, 0.5) is 4.39 Å². The van der Waals surface area contributed by atoms with Gasteiger partial charge < -0.3 is 24.7 Å². The van der Waals surface area contributed by atoms with Gasteiger partial charge in [-0.15, -0.1) is 0 Å². The van der Waals surface area contributed by atoms with Crippen LogP contribution in [0, 0.1) is 17.1 Å². The van der Waals surface area contributed by atoms with Crippen molar-refractivity contribution in [2.24, 2.45) is 5.73 Å². The third kappa shape index (κ3) is 5.89. The van der Waals surface area contributed by atoms with Crippen LogP contribution in [0.5, 0.6) is 23.0 Å². The molecule has 1 aliphatic rings. The van der Waals surface area contributed by atoms with Crippen LogP contribution in [-0.4, -0.2) is 13.1 Å². The van der Waals surface area contributed by atoms with Gasteiger partial charge in [-0.05, 0) is 59.2 Å². The van der Waals surface area contributed by atoms with E-state index in [9.17, 15) is 14.4 Å². The van der Waals surface area contributed by atoms with E-state index < -0.39 is 11.9 Å². The van der Waals surface area contributed by atoms with Crippen molar-refractivity contribution in [3.63, 3.8) is 0 Å². The number of halogens is 1. The van der Waals surface area contributed by atoms with Gasteiger partial charge in [0.05, 0.1) is 19.4 Å². The highest BCUT2D eigenvalue weighted by Crippen LogP contribution is 2.44. The van der Waals surface area contributed by atoms with Crippen molar-refractivity contribution in [1.82, 2.24) is 0 Å². The summed E-state index contributed by atoms with van der Waals surface area (Å²) in [7, 11) is 1.58. The number of esters is 1. The van der Waals surface area contributed by atoms with Gasteiger partial charge in [0, 0.05) is 11.6 Å². The Morgan fingerprint density at radius 2 is 1.68 bits per heavy atom. The molecule has 7 nitrogen and oxygen atoms in total. The first-order chi connectivity index (χ1) is 19.4. The smallest absolute Gasteiger partial charge is 0.315 e. The molecule has 0 fully saturated rings. The minimum atomic E-state index is -0.521. The second kappa shape index (κ2) is 11.6. The predicted molar refractivity (Wildman–Crippen MR) is 145 cm³/mol. The molecule has 0 radical (unpaired) electrons. The standard InChI is InChI=1S/C32H25FN2O5/c1-37-24-11-7-20(8-12-24)15-30(36)39-26-13-14-27-29(17-26)40-32(35)28(18-34)31(27)22-3-2-4-25(16-22)38-19-21-5-9-23(33)10-6-21/h2-14,16-17,31H,15,19,35H2,1H3. The molecule has 200 valence electrons. The minimum Gasteiger partial charge on any atom is -0.497 e. The monoisotopic (exact) mass is 536 g/mol. The quantitative estimate of drug-likeness (QED) is 0.225. The van der Waals surface area contributed by atoms with Crippen molar-refractivity contribution < 1.29 is 28.1 Å². The number of hydrogen-bond donors (Lipinski definition) is 1. The topological polar surface area (TPSA) is 104 Å². The maximum absolute atomic E-state index is 13.2. The van der Waals surface area contributed by atoms with Gasteiger partial charge in [-0.3, -0.25) is 4.79 Å². The van der Waals surface area contributed by atoms with Gasteiger partial charge in [-0.1, -0.05) is 42.5 Å². The zero-order chi connectivity index (χ0) is 28.1. The summed E-state index contributed by atoms with van der Waals surface area (Å²) in [5, 5.41) is 9.90. The van der Waals surface area contributed by atoms with Crippen molar-refractivity contribution in [2.45, 2.75) is 18.9 Å². The fourth-order valence-corrected chi connectivity index (χ4v) is 4.45. The molecule has 0 aliphatic carbocycles. The lowest BCUT2D eigenvalue weighted by Gasteiger charge is -2.27. The Morgan fingerprint density at radius 3 is 2.40 bits per heavy atom. The maximum atomic E-state index is 13.2. The Kier molecular flexibility index (Phi) is 7.65. The van der Waals surface area contributed by atoms with E-state index >= 15 is 0 Å². The fourth-order valence-electron chi connectivity index (χ4n) is 4.45. The van der Waals surface area contributed by atoms with Gasteiger partial charge in [0.2, 0.25) is 5.88 Å². The van der Waals surface area contributed by atoms with E-state index in [0.29, 0.717) is 28.6 Å². The molecular weight excluding hydrogens is 511 g/mol. The minimum absolute atomic E-state index is 0.0284. The number of nitriles is 1. The molecular formula is C32H25FN2O5. The first-order valence-electron chi connectivity index (χ1n) is 12.5. The predicted octanol–water partition coefficient (Wildman–Crippen LogP) is 5.78. The number of nitrogens with zero attached hydrogens (tertiary/aromatic N) is 1. The second-order valence-corrected chi connectivity index (χ2v) is 9.11. The Bertz CT molecular complexity index is 1610. The summed E-state index contributed by atoms with van der Waals surface area (Å²) in [6, 6.07) is 27.7. The SMILES string of the molecule is COc1ccc(CC(=O)Oc2ccc3c(c2)OC(N)=C(C#N)C3c2cccc(OCc3ccc(F)cc3)c2)cc1. The summed E-state index contributed by atoms with van der Waals surface area (Å²) in [6.45, 7) is 0.252. The third-order valence-corrected chi connectivity index (χ3v) is 6.44. The summed E-state index contributed by atoms with van der Waals surface area (Å²) in [5.74, 6) is 0.652. The summed E-state index contributed by atoms with van der Waals surface area (Å²) in [5.41, 5.74) is 9.47. The molecule has 1 aliphatic heterocycles. The van der Waals surface area contributed by atoms with Crippen molar-refractivity contribution >= 4 is 5.97 Å². The Labute approximate surface area is 230 Å². The van der Waals surface area contributed by atoms with E-state index in [2.05, 4.69) is 6.07 Å². The van der Waals surface area contributed by atoms with E-state index in [1.54, 1.807) is 67.8 Å². The molecule has 1 atom stereocenters. The van der Waals surface area contributed by atoms with Crippen molar-refractivity contribution in [2.75, 3.05) is 7.11 Å². The normalized spacial score (nSPS) is 14.0. The van der Waals surface area contributed by atoms with Crippen molar-refractivity contribution in [3.8, 4) is 29.1 Å². The van der Waals surface area contributed by atoms with Crippen LogP contribution < -0.4 is 24.7 Å². The lowest BCUT2D eigenvalue weighted by Crippen LogP contribution is -2.21. The number of ether oxygens (including phenoxy) is 4. The molecule has 4 aromatic rings. The number of allylic oxidation sites excluding steroid dienone is 1. The molecule has 5 rings (SSSR count). The molecule has 1 unspecified atom stereocenters. The number of hydrogen-bond acceptors (Lipinski definition) is 7. The maximum Gasteiger partial charge on any atom is 0.315 e. The van der Waals surface area contributed by atoms with E-state index in [0.717, 1.165) is 16.7 Å². The third-order valence-electron chi connectivity index (χ3n) is 6.44. The molecule has 8 heteroatoms. The zero-order valence-corrected chi connectivity index (χ0v) is 21.6. The van der Waals surface area contributed by atoms with Gasteiger partial charge in [0.1, 0.15) is 47.1 Å². The van der Waals surface area contributed by atoms with Crippen LogP contribution in [0.2, 0.25) is 0 Å².